The first kappa shape index (κ1) is 11.9. The topological polar surface area (TPSA) is 52.3 Å². The van der Waals surface area contributed by atoms with Crippen LogP contribution in [0.5, 0.6) is 0 Å². The molecule has 0 radical (unpaired) electrons. The van der Waals surface area contributed by atoms with Gasteiger partial charge < -0.3 is 10.5 Å². The van der Waals surface area contributed by atoms with E-state index < -0.39 is 0 Å². The van der Waals surface area contributed by atoms with Crippen LogP contribution in [0.1, 0.15) is 25.3 Å². The fraction of sp³-hybridized carbons (Fsp3) is 0.364. The van der Waals surface area contributed by atoms with Crippen LogP contribution in [0.4, 0.5) is 5.69 Å². The number of nitrogen functional groups attached to an aromatic ring is 1. The van der Waals surface area contributed by atoms with Gasteiger partial charge >= 0.3 is 5.97 Å². The van der Waals surface area contributed by atoms with E-state index in [1.54, 1.807) is 32.0 Å². The van der Waals surface area contributed by atoms with Crippen molar-refractivity contribution in [2.24, 2.45) is 0 Å². The van der Waals surface area contributed by atoms with Gasteiger partial charge in [0.25, 0.3) is 0 Å². The van der Waals surface area contributed by atoms with E-state index in [4.69, 9.17) is 22.1 Å². The lowest BCUT2D eigenvalue weighted by Gasteiger charge is -2.11. The summed E-state index contributed by atoms with van der Waals surface area (Å²) in [4.78, 5) is 11.4. The predicted octanol–water partition coefficient (Wildman–Crippen LogP) is 2.59. The number of hydrogen-bond donors (Lipinski definition) is 1. The normalized spacial score (nSPS) is 12.2. The van der Waals surface area contributed by atoms with Gasteiger partial charge in [-0.25, -0.2) is 0 Å². The van der Waals surface area contributed by atoms with Crippen molar-refractivity contribution < 1.29 is 9.53 Å². The van der Waals surface area contributed by atoms with Crippen LogP contribution in [0.3, 0.4) is 0 Å². The molecule has 1 atom stereocenters. The van der Waals surface area contributed by atoms with E-state index in [9.17, 15) is 4.79 Å². The third-order valence-electron chi connectivity index (χ3n) is 2.16. The van der Waals surface area contributed by atoms with Crippen molar-refractivity contribution in [1.82, 2.24) is 0 Å². The summed E-state index contributed by atoms with van der Waals surface area (Å²) in [7, 11) is 0. The number of hydrogen-bond acceptors (Lipinski definition) is 3. The van der Waals surface area contributed by atoms with Gasteiger partial charge in [-0.15, -0.1) is 0 Å². The Hall–Kier alpha value is -1.22. The smallest absolute Gasteiger partial charge is 0.313 e. The van der Waals surface area contributed by atoms with Crippen LogP contribution in [-0.4, -0.2) is 12.6 Å². The molecule has 1 rings (SSSR count). The SMILES string of the molecule is CCOC(=O)C(C)c1ccc(N)c(Cl)c1. The Morgan fingerprint density at radius 3 is 2.80 bits per heavy atom. The summed E-state index contributed by atoms with van der Waals surface area (Å²) in [5, 5.41) is 0.462. The number of carbonyl (C=O) groups excluding carboxylic acids is 1. The molecule has 0 aromatic heterocycles. The third kappa shape index (κ3) is 2.86. The maximum absolute atomic E-state index is 11.4. The summed E-state index contributed by atoms with van der Waals surface area (Å²) in [5.41, 5.74) is 6.90. The van der Waals surface area contributed by atoms with Crippen molar-refractivity contribution in [3.05, 3.63) is 28.8 Å². The monoisotopic (exact) mass is 227 g/mol. The lowest BCUT2D eigenvalue weighted by atomic mass is 10.0. The number of carbonyl (C=O) groups is 1. The zero-order valence-corrected chi connectivity index (χ0v) is 9.54. The minimum Gasteiger partial charge on any atom is -0.466 e. The van der Waals surface area contributed by atoms with E-state index >= 15 is 0 Å². The Balaban J connectivity index is 2.86. The van der Waals surface area contributed by atoms with Crippen LogP contribution in [0, 0.1) is 0 Å². The molecule has 2 N–H and O–H groups in total. The molecule has 15 heavy (non-hydrogen) atoms. The zero-order valence-electron chi connectivity index (χ0n) is 8.79. The summed E-state index contributed by atoms with van der Waals surface area (Å²) in [6.07, 6.45) is 0. The Bertz CT molecular complexity index is 366. The highest BCUT2D eigenvalue weighted by atomic mass is 35.5. The number of rotatable bonds is 3. The minimum absolute atomic E-state index is 0.252. The summed E-state index contributed by atoms with van der Waals surface area (Å²) in [6, 6.07) is 5.16. The lowest BCUT2D eigenvalue weighted by molar-refractivity contribution is -0.144. The summed E-state index contributed by atoms with van der Waals surface area (Å²) < 4.78 is 4.91. The molecule has 0 heterocycles. The number of ether oxygens (including phenoxy) is 1. The predicted molar refractivity (Wildman–Crippen MR) is 60.9 cm³/mol. The van der Waals surface area contributed by atoms with Crippen LogP contribution in [0.25, 0.3) is 0 Å². The molecule has 0 aliphatic rings. The second kappa shape index (κ2) is 5.03. The van der Waals surface area contributed by atoms with Crippen LogP contribution < -0.4 is 5.73 Å². The lowest BCUT2D eigenvalue weighted by Crippen LogP contribution is -2.13. The molecule has 3 nitrogen and oxygen atoms in total. The quantitative estimate of drug-likeness (QED) is 0.638. The van der Waals surface area contributed by atoms with Crippen molar-refractivity contribution in [2.75, 3.05) is 12.3 Å². The third-order valence-corrected chi connectivity index (χ3v) is 2.49. The second-order valence-electron chi connectivity index (χ2n) is 3.25. The molecular weight excluding hydrogens is 214 g/mol. The van der Waals surface area contributed by atoms with Crippen molar-refractivity contribution in [2.45, 2.75) is 19.8 Å². The molecule has 0 bridgehead atoms. The number of halogens is 1. The first-order valence-corrected chi connectivity index (χ1v) is 5.15. The van der Waals surface area contributed by atoms with E-state index in [0.29, 0.717) is 17.3 Å². The number of benzene rings is 1. The van der Waals surface area contributed by atoms with Crippen LogP contribution >= 0.6 is 11.6 Å². The Morgan fingerprint density at radius 1 is 1.60 bits per heavy atom. The molecule has 4 heteroatoms. The number of esters is 1. The van der Waals surface area contributed by atoms with Gasteiger partial charge in [0.2, 0.25) is 0 Å². The van der Waals surface area contributed by atoms with Crippen molar-refractivity contribution in [1.29, 1.82) is 0 Å². The van der Waals surface area contributed by atoms with Gasteiger partial charge in [-0.2, -0.15) is 0 Å². The number of anilines is 1. The van der Waals surface area contributed by atoms with Crippen molar-refractivity contribution >= 4 is 23.3 Å². The van der Waals surface area contributed by atoms with E-state index in [1.165, 1.54) is 0 Å². The van der Waals surface area contributed by atoms with Gasteiger partial charge in [0.05, 0.1) is 23.2 Å². The first-order valence-electron chi connectivity index (χ1n) is 4.77. The Labute approximate surface area is 94.2 Å². The maximum atomic E-state index is 11.4. The highest BCUT2D eigenvalue weighted by Crippen LogP contribution is 2.25. The standard InChI is InChI=1S/C11H14ClNO2/c1-3-15-11(14)7(2)8-4-5-10(13)9(12)6-8/h4-7H,3,13H2,1-2H3. The first-order chi connectivity index (χ1) is 7.06. The van der Waals surface area contributed by atoms with E-state index in [1.807, 2.05) is 0 Å². The summed E-state index contributed by atoms with van der Waals surface area (Å²) >= 11 is 5.86. The summed E-state index contributed by atoms with van der Waals surface area (Å²) in [6.45, 7) is 3.94. The van der Waals surface area contributed by atoms with Crippen LogP contribution in [0.2, 0.25) is 5.02 Å². The van der Waals surface area contributed by atoms with Gasteiger partial charge in [0.1, 0.15) is 0 Å². The van der Waals surface area contributed by atoms with Gasteiger partial charge in [-0.1, -0.05) is 17.7 Å². The molecule has 0 fully saturated rings. The molecule has 1 aromatic carbocycles. The van der Waals surface area contributed by atoms with Crippen molar-refractivity contribution in [3.63, 3.8) is 0 Å². The molecule has 0 aliphatic heterocycles. The molecule has 0 aliphatic carbocycles. The fourth-order valence-electron chi connectivity index (χ4n) is 1.22. The fourth-order valence-corrected chi connectivity index (χ4v) is 1.41. The molecule has 0 amide bonds. The van der Waals surface area contributed by atoms with Gasteiger partial charge in [-0.05, 0) is 31.5 Å². The number of nitrogens with two attached hydrogens (primary N) is 1. The maximum Gasteiger partial charge on any atom is 0.313 e. The van der Waals surface area contributed by atoms with Gasteiger partial charge in [0, 0.05) is 0 Å². The Morgan fingerprint density at radius 2 is 2.27 bits per heavy atom. The second-order valence-corrected chi connectivity index (χ2v) is 3.66. The van der Waals surface area contributed by atoms with Crippen LogP contribution in [-0.2, 0) is 9.53 Å². The van der Waals surface area contributed by atoms with Crippen molar-refractivity contribution in [3.8, 4) is 0 Å². The average molecular weight is 228 g/mol. The summed E-state index contributed by atoms with van der Waals surface area (Å²) in [5.74, 6) is -0.568. The van der Waals surface area contributed by atoms with E-state index in [-0.39, 0.29) is 11.9 Å². The largest absolute Gasteiger partial charge is 0.466 e. The molecule has 0 saturated carbocycles. The van der Waals surface area contributed by atoms with Gasteiger partial charge in [0.15, 0.2) is 0 Å². The molecule has 1 unspecified atom stereocenters. The van der Waals surface area contributed by atoms with Crippen LogP contribution in [0.15, 0.2) is 18.2 Å². The highest BCUT2D eigenvalue weighted by molar-refractivity contribution is 6.33. The Kier molecular flexibility index (Phi) is 3.97. The molecule has 1 aromatic rings. The average Bonchev–Trinajstić information content (AvgIpc) is 2.21. The highest BCUT2D eigenvalue weighted by Gasteiger charge is 2.16. The molecule has 82 valence electrons. The minimum atomic E-state index is -0.317. The zero-order chi connectivity index (χ0) is 11.4. The molecular formula is C11H14ClNO2. The molecule has 0 spiro atoms. The molecule has 0 saturated heterocycles. The van der Waals surface area contributed by atoms with E-state index in [2.05, 4.69) is 0 Å². The van der Waals surface area contributed by atoms with E-state index in [0.717, 1.165) is 5.56 Å². The van der Waals surface area contributed by atoms with Gasteiger partial charge in [-0.3, -0.25) is 4.79 Å².